The molecule has 2 aromatic rings. The molecule has 0 radical (unpaired) electrons. The van der Waals surface area contributed by atoms with Crippen LogP contribution in [0, 0.1) is 0 Å². The predicted molar refractivity (Wildman–Crippen MR) is 83.7 cm³/mol. The molecule has 0 aliphatic heterocycles. The van der Waals surface area contributed by atoms with E-state index < -0.39 is 0 Å². The van der Waals surface area contributed by atoms with Gasteiger partial charge in [-0.2, -0.15) is 0 Å². The summed E-state index contributed by atoms with van der Waals surface area (Å²) in [5.74, 6) is -0.255. The lowest BCUT2D eigenvalue weighted by Crippen LogP contribution is -2.21. The van der Waals surface area contributed by atoms with Gasteiger partial charge >= 0.3 is 0 Å². The van der Waals surface area contributed by atoms with Gasteiger partial charge in [0.1, 0.15) is 10.0 Å². The van der Waals surface area contributed by atoms with Crippen LogP contribution in [0.2, 0.25) is 0 Å². The van der Waals surface area contributed by atoms with Gasteiger partial charge in [-0.05, 0) is 12.8 Å². The van der Waals surface area contributed by atoms with E-state index >= 15 is 0 Å². The van der Waals surface area contributed by atoms with Gasteiger partial charge in [-0.15, -0.1) is 20.4 Å². The summed E-state index contributed by atoms with van der Waals surface area (Å²) in [6.07, 6.45) is 3.76. The molecule has 0 unspecified atom stereocenters. The van der Waals surface area contributed by atoms with Crippen molar-refractivity contribution in [2.75, 3.05) is 24.2 Å². The number of rotatable bonds is 8. The Hall–Kier alpha value is -1.65. The number of unbranched alkanes of at least 4 members (excludes halogenated alkanes) is 1. The Kier molecular flexibility index (Phi) is 5.96. The average Bonchev–Trinajstić information content (AvgIpc) is 3.12. The molecular formula is C11H17N7OS2. The molecule has 114 valence electrons. The standard InChI is InChI=1S/C11H17N7OS2/c1-13-10-17-15-8(20-10)4-2-3-5-9-16-18-11(21-9)14-7(19)6-12/h2-6,12H2,1H3,(H,13,17)(H,14,18,19). The summed E-state index contributed by atoms with van der Waals surface area (Å²) < 4.78 is 0. The van der Waals surface area contributed by atoms with E-state index in [1.165, 1.54) is 11.3 Å². The molecule has 2 aromatic heterocycles. The average molecular weight is 327 g/mol. The molecule has 2 heterocycles. The molecular weight excluding hydrogens is 310 g/mol. The second-order valence-corrected chi connectivity index (χ2v) is 6.34. The van der Waals surface area contributed by atoms with E-state index in [9.17, 15) is 4.79 Å². The first-order valence-corrected chi connectivity index (χ1v) is 8.17. The second-order valence-electron chi connectivity index (χ2n) is 4.21. The van der Waals surface area contributed by atoms with E-state index in [0.29, 0.717) is 5.13 Å². The number of aromatic nitrogens is 4. The summed E-state index contributed by atoms with van der Waals surface area (Å²) >= 11 is 2.96. The van der Waals surface area contributed by atoms with Crippen LogP contribution in [0.5, 0.6) is 0 Å². The third-order valence-electron chi connectivity index (χ3n) is 2.61. The molecule has 21 heavy (non-hydrogen) atoms. The molecule has 2 rings (SSSR count). The monoisotopic (exact) mass is 327 g/mol. The minimum atomic E-state index is -0.255. The zero-order valence-corrected chi connectivity index (χ0v) is 13.3. The molecule has 0 atom stereocenters. The van der Waals surface area contributed by atoms with Gasteiger partial charge in [0.15, 0.2) is 0 Å². The quantitative estimate of drug-likeness (QED) is 0.616. The number of amides is 1. The SMILES string of the molecule is CNc1nnc(CCCCc2nnc(NC(=O)CN)s2)s1. The minimum absolute atomic E-state index is 0.0502. The van der Waals surface area contributed by atoms with Crippen LogP contribution < -0.4 is 16.4 Å². The summed E-state index contributed by atoms with van der Waals surface area (Å²) in [6.45, 7) is -0.0502. The fourth-order valence-corrected chi connectivity index (χ4v) is 3.12. The maximum Gasteiger partial charge on any atom is 0.239 e. The van der Waals surface area contributed by atoms with E-state index in [-0.39, 0.29) is 12.5 Å². The van der Waals surface area contributed by atoms with Crippen LogP contribution in [0.25, 0.3) is 0 Å². The highest BCUT2D eigenvalue weighted by Crippen LogP contribution is 2.19. The number of hydrogen-bond acceptors (Lipinski definition) is 9. The Labute approximate surface area is 130 Å². The fraction of sp³-hybridized carbons (Fsp3) is 0.545. The summed E-state index contributed by atoms with van der Waals surface area (Å²) in [4.78, 5) is 11.1. The first-order chi connectivity index (χ1) is 10.2. The predicted octanol–water partition coefficient (Wildman–Crippen LogP) is 0.894. The van der Waals surface area contributed by atoms with Gasteiger partial charge in [0.05, 0.1) is 6.54 Å². The van der Waals surface area contributed by atoms with Crippen molar-refractivity contribution in [2.24, 2.45) is 5.73 Å². The van der Waals surface area contributed by atoms with Crippen LogP contribution >= 0.6 is 22.7 Å². The number of carbonyl (C=O) groups excluding carboxylic acids is 1. The number of nitrogens with one attached hydrogen (secondary N) is 2. The van der Waals surface area contributed by atoms with Gasteiger partial charge in [-0.1, -0.05) is 22.7 Å². The lowest BCUT2D eigenvalue weighted by Gasteiger charge is -1.96. The van der Waals surface area contributed by atoms with Crippen molar-refractivity contribution in [3.05, 3.63) is 10.0 Å². The highest BCUT2D eigenvalue weighted by atomic mass is 32.1. The number of carbonyl (C=O) groups is 1. The molecule has 0 fully saturated rings. The number of nitrogens with zero attached hydrogens (tertiary/aromatic N) is 4. The van der Waals surface area contributed by atoms with Crippen LogP contribution in [0.4, 0.5) is 10.3 Å². The zero-order valence-electron chi connectivity index (χ0n) is 11.6. The minimum Gasteiger partial charge on any atom is -0.363 e. The van der Waals surface area contributed by atoms with Gasteiger partial charge in [-0.25, -0.2) is 0 Å². The molecule has 0 aromatic carbocycles. The van der Waals surface area contributed by atoms with E-state index in [2.05, 4.69) is 31.0 Å². The molecule has 0 bridgehead atoms. The van der Waals surface area contributed by atoms with Crippen molar-refractivity contribution in [2.45, 2.75) is 25.7 Å². The zero-order chi connectivity index (χ0) is 15.1. The van der Waals surface area contributed by atoms with Crippen molar-refractivity contribution < 1.29 is 4.79 Å². The summed E-state index contributed by atoms with van der Waals surface area (Å²) in [7, 11) is 1.83. The molecule has 0 saturated heterocycles. The van der Waals surface area contributed by atoms with Crippen LogP contribution in [0.3, 0.4) is 0 Å². The molecule has 0 aliphatic rings. The lowest BCUT2D eigenvalue weighted by atomic mass is 10.2. The topological polar surface area (TPSA) is 119 Å². The van der Waals surface area contributed by atoms with E-state index in [4.69, 9.17) is 5.73 Å². The molecule has 0 spiro atoms. The Morgan fingerprint density at radius 1 is 1.05 bits per heavy atom. The van der Waals surface area contributed by atoms with Crippen molar-refractivity contribution >= 4 is 38.8 Å². The number of aryl methyl sites for hydroxylation is 2. The smallest absolute Gasteiger partial charge is 0.239 e. The van der Waals surface area contributed by atoms with Gasteiger partial charge < -0.3 is 11.1 Å². The number of hydrogen-bond donors (Lipinski definition) is 3. The lowest BCUT2D eigenvalue weighted by molar-refractivity contribution is -0.114. The Balaban J connectivity index is 1.70. The van der Waals surface area contributed by atoms with E-state index in [1.807, 2.05) is 7.05 Å². The van der Waals surface area contributed by atoms with Crippen LogP contribution in [0.1, 0.15) is 22.9 Å². The molecule has 1 amide bonds. The molecule has 0 aliphatic carbocycles. The van der Waals surface area contributed by atoms with Crippen LogP contribution in [-0.4, -0.2) is 39.9 Å². The maximum absolute atomic E-state index is 11.1. The second kappa shape index (κ2) is 7.96. The largest absolute Gasteiger partial charge is 0.363 e. The van der Waals surface area contributed by atoms with Gasteiger partial charge in [0.2, 0.25) is 16.2 Å². The van der Waals surface area contributed by atoms with Crippen molar-refractivity contribution in [1.82, 2.24) is 20.4 Å². The van der Waals surface area contributed by atoms with Crippen LogP contribution in [0.15, 0.2) is 0 Å². The summed E-state index contributed by atoms with van der Waals surface area (Å²) in [5, 5.41) is 24.9. The van der Waals surface area contributed by atoms with Crippen molar-refractivity contribution in [1.29, 1.82) is 0 Å². The highest BCUT2D eigenvalue weighted by molar-refractivity contribution is 7.15. The first kappa shape index (κ1) is 15.7. The summed E-state index contributed by atoms with van der Waals surface area (Å²) in [6, 6.07) is 0. The van der Waals surface area contributed by atoms with Gasteiger partial charge in [-0.3, -0.25) is 10.1 Å². The molecule has 10 heteroatoms. The normalized spacial score (nSPS) is 10.6. The van der Waals surface area contributed by atoms with Gasteiger partial charge in [0, 0.05) is 19.9 Å². The third kappa shape index (κ3) is 4.99. The fourth-order valence-electron chi connectivity index (χ4n) is 1.58. The first-order valence-electron chi connectivity index (χ1n) is 6.53. The number of anilines is 2. The molecule has 4 N–H and O–H groups in total. The Morgan fingerprint density at radius 3 is 2.14 bits per heavy atom. The van der Waals surface area contributed by atoms with E-state index in [1.54, 1.807) is 11.3 Å². The molecule has 0 saturated carbocycles. The van der Waals surface area contributed by atoms with Crippen molar-refractivity contribution in [3.8, 4) is 0 Å². The third-order valence-corrected chi connectivity index (χ3v) is 4.51. The van der Waals surface area contributed by atoms with E-state index in [0.717, 1.165) is 40.8 Å². The molecule has 8 nitrogen and oxygen atoms in total. The Morgan fingerprint density at radius 2 is 1.62 bits per heavy atom. The maximum atomic E-state index is 11.1. The van der Waals surface area contributed by atoms with Crippen molar-refractivity contribution in [3.63, 3.8) is 0 Å². The summed E-state index contributed by atoms with van der Waals surface area (Å²) in [5.41, 5.74) is 5.22. The number of nitrogens with two attached hydrogens (primary N) is 1. The highest BCUT2D eigenvalue weighted by Gasteiger charge is 2.07. The Bertz CT molecular complexity index is 583. The van der Waals surface area contributed by atoms with Gasteiger partial charge in [0.25, 0.3) is 0 Å². The van der Waals surface area contributed by atoms with Crippen LogP contribution in [-0.2, 0) is 17.6 Å².